The highest BCUT2D eigenvalue weighted by Gasteiger charge is 2.55. The van der Waals surface area contributed by atoms with Gasteiger partial charge in [0.15, 0.2) is 0 Å². The van der Waals surface area contributed by atoms with E-state index in [0.717, 1.165) is 5.56 Å². The summed E-state index contributed by atoms with van der Waals surface area (Å²) in [6, 6.07) is 13.4. The second kappa shape index (κ2) is 8.02. The predicted octanol–water partition coefficient (Wildman–Crippen LogP) is 0.689. The van der Waals surface area contributed by atoms with E-state index in [0.29, 0.717) is 12.0 Å². The second-order valence-electron chi connectivity index (χ2n) is 6.61. The van der Waals surface area contributed by atoms with E-state index in [9.17, 15) is 24.8 Å². The summed E-state index contributed by atoms with van der Waals surface area (Å²) in [6.07, 6.45) is -5.61. The van der Waals surface area contributed by atoms with Gasteiger partial charge in [-0.3, -0.25) is 0 Å². The van der Waals surface area contributed by atoms with Gasteiger partial charge in [0.1, 0.15) is 30.2 Å². The molecule has 0 saturated carbocycles. The van der Waals surface area contributed by atoms with Crippen molar-refractivity contribution in [3.8, 4) is 0 Å². The lowest BCUT2D eigenvalue weighted by molar-refractivity contribution is -0.366. The number of hydrogen-bond donors (Lipinski definition) is 4. The first-order valence-electron chi connectivity index (χ1n) is 8.63. The molecule has 3 rings (SSSR count). The van der Waals surface area contributed by atoms with Crippen LogP contribution in [-0.4, -0.2) is 58.6 Å². The lowest BCUT2D eigenvalue weighted by Gasteiger charge is -2.47. The second-order valence-corrected chi connectivity index (χ2v) is 6.61. The molecular weight excluding hydrogens is 355 g/mol. The van der Waals surface area contributed by atoms with E-state index in [1.165, 1.54) is 25.3 Å². The van der Waals surface area contributed by atoms with Crippen molar-refractivity contribution < 1.29 is 34.3 Å². The van der Waals surface area contributed by atoms with Gasteiger partial charge in [-0.25, -0.2) is 4.39 Å². The summed E-state index contributed by atoms with van der Waals surface area (Å²) in [4.78, 5) is 0. The Morgan fingerprint density at radius 3 is 2.41 bits per heavy atom. The number of methoxy groups -OCH3 is 1. The maximum Gasteiger partial charge on any atom is 0.224 e. The van der Waals surface area contributed by atoms with Gasteiger partial charge in [0.05, 0.1) is 6.61 Å². The van der Waals surface area contributed by atoms with Gasteiger partial charge in [-0.1, -0.05) is 36.4 Å². The largest absolute Gasteiger partial charge is 0.394 e. The molecule has 0 unspecified atom stereocenters. The third kappa shape index (κ3) is 3.62. The SMILES string of the molecule is CO[C@@]1(c2ccc(F)c(Cc3ccccc3)c2)O[C@H](CO)[C@@H](O)[C@H](O)[C@H]1O. The highest BCUT2D eigenvalue weighted by atomic mass is 19.1. The third-order valence-electron chi connectivity index (χ3n) is 4.94. The Hall–Kier alpha value is -1.87. The van der Waals surface area contributed by atoms with Gasteiger partial charge in [-0.2, -0.15) is 0 Å². The fourth-order valence-electron chi connectivity index (χ4n) is 3.41. The van der Waals surface area contributed by atoms with Crippen molar-refractivity contribution in [2.45, 2.75) is 36.6 Å². The van der Waals surface area contributed by atoms with Gasteiger partial charge < -0.3 is 29.9 Å². The fraction of sp³-hybridized carbons (Fsp3) is 0.400. The molecule has 2 aromatic rings. The molecule has 0 spiro atoms. The zero-order chi connectivity index (χ0) is 19.6. The van der Waals surface area contributed by atoms with Gasteiger partial charge >= 0.3 is 0 Å². The van der Waals surface area contributed by atoms with E-state index in [2.05, 4.69) is 0 Å². The number of ether oxygens (including phenoxy) is 2. The van der Waals surface area contributed by atoms with E-state index in [1.54, 1.807) is 0 Å². The zero-order valence-corrected chi connectivity index (χ0v) is 14.8. The molecule has 1 fully saturated rings. The van der Waals surface area contributed by atoms with Crippen LogP contribution in [0.4, 0.5) is 4.39 Å². The smallest absolute Gasteiger partial charge is 0.224 e. The number of halogens is 1. The standard InChI is InChI=1S/C20H23FO6/c1-26-20(19(25)18(24)17(23)16(11-22)27-20)14-7-8-15(21)13(10-14)9-12-5-3-2-4-6-12/h2-8,10,16-19,22-25H,9,11H2,1H3/t16-,17-,18+,19-,20+/m1/s1. The summed E-state index contributed by atoms with van der Waals surface area (Å²) < 4.78 is 25.4. The van der Waals surface area contributed by atoms with Gasteiger partial charge in [0.25, 0.3) is 0 Å². The molecule has 1 heterocycles. The molecule has 0 aliphatic carbocycles. The summed E-state index contributed by atoms with van der Waals surface area (Å²) in [6.45, 7) is -0.589. The normalized spacial score (nSPS) is 31.0. The molecule has 1 aliphatic heterocycles. The summed E-state index contributed by atoms with van der Waals surface area (Å²) >= 11 is 0. The Morgan fingerprint density at radius 1 is 1.07 bits per heavy atom. The summed E-state index contributed by atoms with van der Waals surface area (Å²) in [5.74, 6) is -2.29. The molecule has 27 heavy (non-hydrogen) atoms. The van der Waals surface area contributed by atoms with Crippen molar-refractivity contribution in [1.82, 2.24) is 0 Å². The van der Waals surface area contributed by atoms with Crippen molar-refractivity contribution in [2.24, 2.45) is 0 Å². The van der Waals surface area contributed by atoms with Crippen LogP contribution < -0.4 is 0 Å². The molecule has 4 N–H and O–H groups in total. The minimum absolute atomic E-state index is 0.272. The topological polar surface area (TPSA) is 99.4 Å². The lowest BCUT2D eigenvalue weighted by Crippen LogP contribution is -2.64. The van der Waals surface area contributed by atoms with E-state index in [-0.39, 0.29) is 5.56 Å². The molecule has 1 saturated heterocycles. The van der Waals surface area contributed by atoms with Gasteiger partial charge in [0.2, 0.25) is 5.79 Å². The van der Waals surface area contributed by atoms with E-state index in [4.69, 9.17) is 9.47 Å². The number of hydrogen-bond acceptors (Lipinski definition) is 6. The Kier molecular flexibility index (Phi) is 5.90. The van der Waals surface area contributed by atoms with Gasteiger partial charge in [-0.15, -0.1) is 0 Å². The van der Waals surface area contributed by atoms with E-state index < -0.39 is 42.6 Å². The van der Waals surface area contributed by atoms with Crippen LogP contribution in [0, 0.1) is 5.82 Å². The quantitative estimate of drug-likeness (QED) is 0.611. The summed E-state index contributed by atoms with van der Waals surface area (Å²) in [5, 5.41) is 40.1. The molecule has 6 nitrogen and oxygen atoms in total. The monoisotopic (exact) mass is 378 g/mol. The van der Waals surface area contributed by atoms with Gasteiger partial charge in [0, 0.05) is 19.1 Å². The van der Waals surface area contributed by atoms with E-state index >= 15 is 0 Å². The Bertz CT molecular complexity index is 768. The van der Waals surface area contributed by atoms with Crippen LogP contribution in [0.1, 0.15) is 16.7 Å². The molecule has 2 aromatic carbocycles. The third-order valence-corrected chi connectivity index (χ3v) is 4.94. The minimum Gasteiger partial charge on any atom is -0.394 e. The van der Waals surface area contributed by atoms with Crippen molar-refractivity contribution >= 4 is 0 Å². The molecule has 5 atom stereocenters. The van der Waals surface area contributed by atoms with E-state index in [1.807, 2.05) is 30.3 Å². The first kappa shape index (κ1) is 19.9. The predicted molar refractivity (Wildman–Crippen MR) is 94.3 cm³/mol. The van der Waals surface area contributed by atoms with Crippen LogP contribution in [-0.2, 0) is 21.7 Å². The molecule has 1 aliphatic rings. The van der Waals surface area contributed by atoms with Crippen molar-refractivity contribution in [3.05, 3.63) is 71.0 Å². The average molecular weight is 378 g/mol. The maximum atomic E-state index is 14.4. The minimum atomic E-state index is -1.86. The molecule has 0 aromatic heterocycles. The molecule has 0 amide bonds. The molecule has 0 bridgehead atoms. The highest BCUT2D eigenvalue weighted by molar-refractivity contribution is 5.34. The Balaban J connectivity index is 2.01. The van der Waals surface area contributed by atoms with Gasteiger partial charge in [-0.05, 0) is 23.3 Å². The number of aliphatic hydroxyl groups excluding tert-OH is 4. The maximum absolute atomic E-state index is 14.4. The zero-order valence-electron chi connectivity index (χ0n) is 14.8. The number of benzene rings is 2. The molecule has 0 radical (unpaired) electrons. The van der Waals surface area contributed by atoms with Crippen LogP contribution in [0.15, 0.2) is 48.5 Å². The van der Waals surface area contributed by atoms with Crippen molar-refractivity contribution in [3.63, 3.8) is 0 Å². The average Bonchev–Trinajstić information content (AvgIpc) is 2.69. The number of rotatable bonds is 5. The first-order valence-corrected chi connectivity index (χ1v) is 8.63. The van der Waals surface area contributed by atoms with Crippen LogP contribution >= 0.6 is 0 Å². The Labute approximate surface area is 156 Å². The Morgan fingerprint density at radius 2 is 1.78 bits per heavy atom. The lowest BCUT2D eigenvalue weighted by atomic mass is 9.87. The van der Waals surface area contributed by atoms with Crippen LogP contribution in [0.5, 0.6) is 0 Å². The number of aliphatic hydroxyl groups is 4. The molecular formula is C20H23FO6. The highest BCUT2D eigenvalue weighted by Crippen LogP contribution is 2.39. The van der Waals surface area contributed by atoms with Crippen LogP contribution in [0.25, 0.3) is 0 Å². The molecule has 146 valence electrons. The fourth-order valence-corrected chi connectivity index (χ4v) is 3.41. The van der Waals surface area contributed by atoms with Crippen LogP contribution in [0.3, 0.4) is 0 Å². The summed E-state index contributed by atoms with van der Waals surface area (Å²) in [7, 11) is 1.27. The molecule has 7 heteroatoms. The first-order chi connectivity index (χ1) is 12.9. The van der Waals surface area contributed by atoms with Crippen molar-refractivity contribution in [2.75, 3.05) is 13.7 Å². The van der Waals surface area contributed by atoms with Crippen molar-refractivity contribution in [1.29, 1.82) is 0 Å². The summed E-state index contributed by atoms with van der Waals surface area (Å²) in [5.41, 5.74) is 1.52. The van der Waals surface area contributed by atoms with Crippen LogP contribution in [0.2, 0.25) is 0 Å².